The third-order valence-corrected chi connectivity index (χ3v) is 4.06. The van der Waals surface area contributed by atoms with E-state index in [1.807, 2.05) is 7.05 Å². The van der Waals surface area contributed by atoms with Crippen LogP contribution in [0.25, 0.3) is 0 Å². The number of hydrogen-bond acceptors (Lipinski definition) is 1. The van der Waals surface area contributed by atoms with E-state index in [1.165, 1.54) is 70.6 Å². The van der Waals surface area contributed by atoms with Gasteiger partial charge in [-0.15, -0.1) is 0 Å². The van der Waals surface area contributed by atoms with Crippen LogP contribution in [0.1, 0.15) is 84.0 Å². The van der Waals surface area contributed by atoms with Crippen molar-refractivity contribution in [1.82, 2.24) is 5.32 Å². The van der Waals surface area contributed by atoms with Crippen molar-refractivity contribution in [2.24, 2.45) is 5.92 Å². The SMILES string of the molecule is CCCCCCCC(CC[OH2+])CCCCCCNC. The lowest BCUT2D eigenvalue weighted by molar-refractivity contribution is 0.241. The highest BCUT2D eigenvalue weighted by molar-refractivity contribution is 4.60. The third kappa shape index (κ3) is 14.1. The van der Waals surface area contributed by atoms with E-state index in [0.717, 1.165) is 18.9 Å². The molecule has 0 saturated carbocycles. The third-order valence-electron chi connectivity index (χ3n) is 4.06. The molecule has 1 atom stereocenters. The summed E-state index contributed by atoms with van der Waals surface area (Å²) < 4.78 is 0. The molecule has 0 aliphatic carbocycles. The number of rotatable bonds is 15. The van der Waals surface area contributed by atoms with Crippen LogP contribution >= 0.6 is 0 Å². The summed E-state index contributed by atoms with van der Waals surface area (Å²) in [5.41, 5.74) is 0. The van der Waals surface area contributed by atoms with Crippen molar-refractivity contribution in [3.8, 4) is 0 Å². The fourth-order valence-corrected chi connectivity index (χ4v) is 2.76. The molecule has 2 heteroatoms. The normalized spacial score (nSPS) is 12.8. The van der Waals surface area contributed by atoms with Crippen molar-refractivity contribution in [3.63, 3.8) is 0 Å². The average molecular weight is 272 g/mol. The van der Waals surface area contributed by atoms with Crippen molar-refractivity contribution in [2.75, 3.05) is 20.2 Å². The molecule has 0 rings (SSSR count). The molecule has 0 fully saturated rings. The molecular weight excluding hydrogens is 234 g/mol. The Morgan fingerprint density at radius 2 is 1.37 bits per heavy atom. The molecule has 2 nitrogen and oxygen atoms in total. The van der Waals surface area contributed by atoms with Crippen LogP contribution in [0.4, 0.5) is 0 Å². The van der Waals surface area contributed by atoms with Crippen molar-refractivity contribution in [1.29, 1.82) is 0 Å². The molecule has 0 aliphatic heterocycles. The maximum absolute atomic E-state index is 7.44. The van der Waals surface area contributed by atoms with Crippen molar-refractivity contribution < 1.29 is 5.11 Å². The lowest BCUT2D eigenvalue weighted by Crippen LogP contribution is -2.07. The first-order valence-electron chi connectivity index (χ1n) is 8.64. The van der Waals surface area contributed by atoms with Gasteiger partial charge in [-0.05, 0) is 25.9 Å². The molecule has 19 heavy (non-hydrogen) atoms. The Balaban J connectivity index is 3.45. The van der Waals surface area contributed by atoms with Crippen LogP contribution in [0.15, 0.2) is 0 Å². The van der Waals surface area contributed by atoms with Gasteiger partial charge in [-0.1, -0.05) is 71.1 Å². The summed E-state index contributed by atoms with van der Waals surface area (Å²) in [5, 5.41) is 10.6. The minimum atomic E-state index is 0.624. The van der Waals surface area contributed by atoms with Crippen LogP contribution in [-0.4, -0.2) is 25.3 Å². The standard InChI is InChI=1S/C17H37NO/c1-3-4-5-6-9-12-17(14-16-19)13-10-7-8-11-15-18-2/h17-19H,3-16H2,1-2H3/p+1. The van der Waals surface area contributed by atoms with Gasteiger partial charge < -0.3 is 10.4 Å². The Hall–Kier alpha value is -0.0800. The van der Waals surface area contributed by atoms with E-state index in [2.05, 4.69) is 12.2 Å². The molecule has 0 heterocycles. The molecule has 0 aromatic rings. The van der Waals surface area contributed by atoms with Gasteiger partial charge in [0.15, 0.2) is 0 Å². The Kier molecular flexibility index (Phi) is 15.9. The zero-order valence-electron chi connectivity index (χ0n) is 13.5. The predicted octanol–water partition coefficient (Wildman–Crippen LogP) is 4.25. The summed E-state index contributed by atoms with van der Waals surface area (Å²) in [4.78, 5) is 0. The van der Waals surface area contributed by atoms with Gasteiger partial charge in [0, 0.05) is 6.42 Å². The molecule has 0 amide bonds. The second-order valence-electron chi connectivity index (χ2n) is 5.91. The van der Waals surface area contributed by atoms with E-state index < -0.39 is 0 Å². The Morgan fingerprint density at radius 1 is 0.789 bits per heavy atom. The topological polar surface area (TPSA) is 34.9 Å². The lowest BCUT2D eigenvalue weighted by Gasteiger charge is -2.14. The Morgan fingerprint density at radius 3 is 1.89 bits per heavy atom. The second kappa shape index (κ2) is 16.0. The van der Waals surface area contributed by atoms with Crippen LogP contribution in [0, 0.1) is 5.92 Å². The van der Waals surface area contributed by atoms with Gasteiger partial charge in [-0.2, -0.15) is 0 Å². The molecule has 0 aromatic heterocycles. The minimum Gasteiger partial charge on any atom is -0.445 e. The highest BCUT2D eigenvalue weighted by Gasteiger charge is 2.08. The van der Waals surface area contributed by atoms with E-state index in [9.17, 15) is 0 Å². The first-order valence-corrected chi connectivity index (χ1v) is 8.64. The molecular formula is C17H38NO+. The van der Waals surface area contributed by atoms with E-state index >= 15 is 0 Å². The molecule has 0 radical (unpaired) electrons. The van der Waals surface area contributed by atoms with Gasteiger partial charge in [-0.25, -0.2) is 0 Å². The summed E-state index contributed by atoms with van der Waals surface area (Å²) in [6, 6.07) is 0. The average Bonchev–Trinajstić information content (AvgIpc) is 2.42. The van der Waals surface area contributed by atoms with Crippen molar-refractivity contribution in [3.05, 3.63) is 0 Å². The van der Waals surface area contributed by atoms with E-state index in [4.69, 9.17) is 5.11 Å². The quantitative estimate of drug-likeness (QED) is 0.351. The molecule has 0 aromatic carbocycles. The molecule has 3 N–H and O–H groups in total. The number of nitrogens with one attached hydrogen (secondary N) is 1. The zero-order chi connectivity index (χ0) is 14.2. The van der Waals surface area contributed by atoms with Crippen LogP contribution in [0.5, 0.6) is 0 Å². The molecule has 0 aliphatic rings. The van der Waals surface area contributed by atoms with Gasteiger partial charge in [-0.3, -0.25) is 0 Å². The minimum absolute atomic E-state index is 0.624. The van der Waals surface area contributed by atoms with Crippen LogP contribution in [-0.2, 0) is 0 Å². The van der Waals surface area contributed by atoms with Gasteiger partial charge in [0.2, 0.25) is 0 Å². The van der Waals surface area contributed by atoms with Gasteiger partial charge in [0.1, 0.15) is 6.61 Å². The van der Waals surface area contributed by atoms with E-state index in [1.54, 1.807) is 0 Å². The zero-order valence-corrected chi connectivity index (χ0v) is 13.5. The summed E-state index contributed by atoms with van der Waals surface area (Å²) in [6.45, 7) is 4.06. The predicted molar refractivity (Wildman–Crippen MR) is 87.0 cm³/mol. The van der Waals surface area contributed by atoms with Gasteiger partial charge in [0.05, 0.1) is 0 Å². The van der Waals surface area contributed by atoms with Crippen molar-refractivity contribution in [2.45, 2.75) is 84.0 Å². The highest BCUT2D eigenvalue weighted by Crippen LogP contribution is 2.21. The van der Waals surface area contributed by atoms with Crippen LogP contribution in [0.2, 0.25) is 0 Å². The number of hydrogen-bond donors (Lipinski definition) is 1. The largest absolute Gasteiger partial charge is 0.445 e. The Labute approximate surface area is 121 Å². The maximum Gasteiger partial charge on any atom is 0.143 e. The summed E-state index contributed by atoms with van der Waals surface area (Å²) >= 11 is 0. The summed E-state index contributed by atoms with van der Waals surface area (Å²) in [7, 11) is 2.03. The molecule has 116 valence electrons. The molecule has 0 spiro atoms. The molecule has 0 bridgehead atoms. The fourth-order valence-electron chi connectivity index (χ4n) is 2.76. The van der Waals surface area contributed by atoms with E-state index in [-0.39, 0.29) is 0 Å². The van der Waals surface area contributed by atoms with E-state index in [0.29, 0.717) is 6.61 Å². The maximum atomic E-state index is 7.44. The van der Waals surface area contributed by atoms with Gasteiger partial charge >= 0.3 is 0 Å². The Bertz CT molecular complexity index is 161. The van der Waals surface area contributed by atoms with Crippen LogP contribution in [0.3, 0.4) is 0 Å². The first-order chi connectivity index (χ1) is 9.35. The monoisotopic (exact) mass is 272 g/mol. The molecule has 1 unspecified atom stereocenters. The highest BCUT2D eigenvalue weighted by atomic mass is 16.3. The summed E-state index contributed by atoms with van der Waals surface area (Å²) in [6.07, 6.45) is 16.3. The number of unbranched alkanes of at least 4 members (excludes halogenated alkanes) is 7. The van der Waals surface area contributed by atoms with Gasteiger partial charge in [0.25, 0.3) is 0 Å². The smallest absolute Gasteiger partial charge is 0.143 e. The second-order valence-corrected chi connectivity index (χ2v) is 5.91. The van der Waals surface area contributed by atoms with Crippen LogP contribution < -0.4 is 5.32 Å². The lowest BCUT2D eigenvalue weighted by atomic mass is 9.92. The molecule has 0 saturated heterocycles. The fraction of sp³-hybridized carbons (Fsp3) is 1.00. The first kappa shape index (κ1) is 18.9. The summed E-state index contributed by atoms with van der Waals surface area (Å²) in [5.74, 6) is 0.837. The van der Waals surface area contributed by atoms with Crippen molar-refractivity contribution >= 4 is 0 Å².